The second kappa shape index (κ2) is 7.99. The third-order valence-electron chi connectivity index (χ3n) is 3.51. The lowest BCUT2D eigenvalue weighted by Crippen LogP contribution is -2.12. The number of benzene rings is 1. The zero-order chi connectivity index (χ0) is 15.1. The van der Waals surface area contributed by atoms with Crippen molar-refractivity contribution < 1.29 is 25.2 Å². The summed E-state index contributed by atoms with van der Waals surface area (Å²) in [5.74, 6) is -1.08. The molecular weight excluding hydrogens is 260 g/mol. The maximum Gasteiger partial charge on any atom is 0.335 e. The fourth-order valence-electron chi connectivity index (χ4n) is 2.44. The summed E-state index contributed by atoms with van der Waals surface area (Å²) in [5.41, 5.74) is 1.90. The Morgan fingerprint density at radius 1 is 1.00 bits per heavy atom. The van der Waals surface area contributed by atoms with Gasteiger partial charge in [-0.3, -0.25) is 0 Å². The average Bonchev–Trinajstić information content (AvgIpc) is 2.45. The van der Waals surface area contributed by atoms with E-state index in [1.165, 1.54) is 6.07 Å². The highest BCUT2D eigenvalue weighted by atomic mass is 16.4. The van der Waals surface area contributed by atoms with E-state index >= 15 is 0 Å². The van der Waals surface area contributed by atoms with Crippen LogP contribution in [0, 0.1) is 0 Å². The van der Waals surface area contributed by atoms with Crippen LogP contribution in [0.1, 0.15) is 58.8 Å². The normalized spacial score (nSPS) is 10.8. The molecule has 0 fully saturated rings. The number of rotatable bonds is 8. The predicted molar refractivity (Wildman–Crippen MR) is 74.4 cm³/mol. The van der Waals surface area contributed by atoms with Gasteiger partial charge in [0.25, 0.3) is 0 Å². The van der Waals surface area contributed by atoms with Gasteiger partial charge in [0.05, 0.1) is 25.4 Å². The highest BCUT2D eigenvalue weighted by molar-refractivity contribution is 5.90. The first-order chi connectivity index (χ1) is 9.60. The van der Waals surface area contributed by atoms with E-state index in [1.807, 2.05) is 0 Å². The van der Waals surface area contributed by atoms with Crippen LogP contribution >= 0.6 is 0 Å². The molecule has 0 aliphatic rings. The molecule has 1 rings (SSSR count). The largest absolute Gasteiger partial charge is 0.478 e. The van der Waals surface area contributed by atoms with Crippen molar-refractivity contribution in [3.05, 3.63) is 33.9 Å². The van der Waals surface area contributed by atoms with Gasteiger partial charge in [0, 0.05) is 0 Å². The summed E-state index contributed by atoms with van der Waals surface area (Å²) in [6, 6.07) is 1.40. The van der Waals surface area contributed by atoms with Gasteiger partial charge >= 0.3 is 5.97 Å². The lowest BCUT2D eigenvalue weighted by molar-refractivity contribution is 0.0695. The number of hydrogen-bond donors (Lipinski definition) is 4. The smallest absolute Gasteiger partial charge is 0.335 e. The molecule has 0 aliphatic carbocycles. The lowest BCUT2D eigenvalue weighted by atomic mass is 9.89. The van der Waals surface area contributed by atoms with Gasteiger partial charge in [-0.15, -0.1) is 0 Å². The molecule has 0 saturated carbocycles. The quantitative estimate of drug-likeness (QED) is 0.543. The molecule has 1 aromatic rings. The summed E-state index contributed by atoms with van der Waals surface area (Å²) in [5, 5.41) is 37.5. The van der Waals surface area contributed by atoms with Crippen LogP contribution < -0.4 is 0 Å². The van der Waals surface area contributed by atoms with Gasteiger partial charge < -0.3 is 20.4 Å². The Morgan fingerprint density at radius 3 is 2.10 bits per heavy atom. The van der Waals surface area contributed by atoms with Crippen molar-refractivity contribution in [1.29, 1.82) is 0 Å². The van der Waals surface area contributed by atoms with Gasteiger partial charge in [0.15, 0.2) is 0 Å². The molecule has 5 nitrogen and oxygen atoms in total. The Labute approximate surface area is 118 Å². The number of carboxylic acids is 1. The molecule has 0 amide bonds. The molecule has 4 N–H and O–H groups in total. The third-order valence-corrected chi connectivity index (χ3v) is 3.51. The van der Waals surface area contributed by atoms with E-state index in [4.69, 9.17) is 0 Å². The van der Waals surface area contributed by atoms with Crippen LogP contribution in [0.25, 0.3) is 0 Å². The zero-order valence-corrected chi connectivity index (χ0v) is 11.7. The van der Waals surface area contributed by atoms with Gasteiger partial charge in [-0.05, 0) is 41.2 Å². The average molecular weight is 282 g/mol. The van der Waals surface area contributed by atoms with Crippen molar-refractivity contribution in [2.24, 2.45) is 0 Å². The van der Waals surface area contributed by atoms with E-state index in [1.54, 1.807) is 0 Å². The summed E-state index contributed by atoms with van der Waals surface area (Å²) in [7, 11) is 0. The Kier molecular flexibility index (Phi) is 6.64. The van der Waals surface area contributed by atoms with Gasteiger partial charge in [-0.2, -0.15) is 0 Å². The summed E-state index contributed by atoms with van der Waals surface area (Å²) in [6.45, 7) is 1.02. The van der Waals surface area contributed by atoms with Crippen molar-refractivity contribution in [2.45, 2.75) is 52.4 Å². The maximum atomic E-state index is 11.4. The fraction of sp³-hybridized carbons (Fsp3) is 0.533. The van der Waals surface area contributed by atoms with Gasteiger partial charge in [0.2, 0.25) is 0 Å². The van der Waals surface area contributed by atoms with Gasteiger partial charge in [-0.25, -0.2) is 4.79 Å². The van der Waals surface area contributed by atoms with Crippen molar-refractivity contribution >= 4 is 5.97 Å². The SMILES string of the molecule is CCCCCc1c(C(=O)O)cc(CO)c(CO)c1CO. The fourth-order valence-corrected chi connectivity index (χ4v) is 2.44. The minimum absolute atomic E-state index is 0.103. The minimum atomic E-state index is -1.08. The van der Waals surface area contributed by atoms with E-state index in [2.05, 4.69) is 6.92 Å². The first kappa shape index (κ1) is 16.6. The van der Waals surface area contributed by atoms with Crippen molar-refractivity contribution in [2.75, 3.05) is 0 Å². The molecule has 0 spiro atoms. The first-order valence-corrected chi connectivity index (χ1v) is 6.83. The predicted octanol–water partition coefficient (Wildman–Crippen LogP) is 1.59. The molecule has 0 aromatic heterocycles. The molecule has 0 aliphatic heterocycles. The molecule has 0 saturated heterocycles. The van der Waals surface area contributed by atoms with Crippen LogP contribution in [0.15, 0.2) is 6.07 Å². The van der Waals surface area contributed by atoms with E-state index in [-0.39, 0.29) is 25.4 Å². The Balaban J connectivity index is 3.37. The van der Waals surface area contributed by atoms with Crippen LogP contribution in [0.3, 0.4) is 0 Å². The van der Waals surface area contributed by atoms with Crippen LogP contribution in [0.5, 0.6) is 0 Å². The summed E-state index contributed by atoms with van der Waals surface area (Å²) >= 11 is 0. The summed E-state index contributed by atoms with van der Waals surface area (Å²) < 4.78 is 0. The molecule has 0 atom stereocenters. The number of unbranched alkanes of at least 4 members (excludes halogenated alkanes) is 2. The van der Waals surface area contributed by atoms with Crippen LogP contribution in [0.4, 0.5) is 0 Å². The second-order valence-electron chi connectivity index (χ2n) is 4.76. The second-order valence-corrected chi connectivity index (χ2v) is 4.76. The van der Waals surface area contributed by atoms with Gasteiger partial charge in [-0.1, -0.05) is 19.8 Å². The third kappa shape index (κ3) is 3.56. The first-order valence-electron chi connectivity index (χ1n) is 6.83. The molecule has 20 heavy (non-hydrogen) atoms. The molecule has 5 heteroatoms. The molecule has 0 radical (unpaired) electrons. The topological polar surface area (TPSA) is 98.0 Å². The zero-order valence-electron chi connectivity index (χ0n) is 11.7. The number of hydrogen-bond acceptors (Lipinski definition) is 4. The molecule has 0 bridgehead atoms. The summed E-state index contributed by atoms with van der Waals surface area (Å²) in [6.07, 6.45) is 3.36. The number of carbonyl (C=O) groups is 1. The standard InChI is InChI=1S/C15H22O5/c1-2-3-4-5-11-12(15(19)20)6-10(7-16)13(8-17)14(11)9-18/h6,16-18H,2-5,7-9H2,1H3,(H,19,20). The van der Waals surface area contributed by atoms with Crippen molar-refractivity contribution in [3.63, 3.8) is 0 Å². The van der Waals surface area contributed by atoms with Crippen LogP contribution in [-0.4, -0.2) is 26.4 Å². The van der Waals surface area contributed by atoms with Crippen LogP contribution in [-0.2, 0) is 26.2 Å². The van der Waals surface area contributed by atoms with Crippen LogP contribution in [0.2, 0.25) is 0 Å². The Morgan fingerprint density at radius 2 is 1.65 bits per heavy atom. The number of carboxylic acid groups (broad SMARTS) is 1. The number of aromatic carboxylic acids is 1. The summed E-state index contributed by atoms with van der Waals surface area (Å²) in [4.78, 5) is 11.4. The molecule has 0 heterocycles. The molecule has 112 valence electrons. The van der Waals surface area contributed by atoms with E-state index in [9.17, 15) is 25.2 Å². The van der Waals surface area contributed by atoms with Crippen molar-refractivity contribution in [1.82, 2.24) is 0 Å². The lowest BCUT2D eigenvalue weighted by Gasteiger charge is -2.18. The van der Waals surface area contributed by atoms with Crippen molar-refractivity contribution in [3.8, 4) is 0 Å². The molecule has 0 unspecified atom stereocenters. The van der Waals surface area contributed by atoms with Gasteiger partial charge in [0.1, 0.15) is 0 Å². The monoisotopic (exact) mass is 282 g/mol. The highest BCUT2D eigenvalue weighted by Gasteiger charge is 2.20. The van der Waals surface area contributed by atoms with E-state index < -0.39 is 5.97 Å². The van der Waals surface area contributed by atoms with E-state index in [0.717, 1.165) is 19.3 Å². The highest BCUT2D eigenvalue weighted by Crippen LogP contribution is 2.26. The number of aliphatic hydroxyl groups excluding tert-OH is 3. The Hall–Kier alpha value is -1.43. The molecular formula is C15H22O5. The molecule has 1 aromatic carbocycles. The van der Waals surface area contributed by atoms with E-state index in [0.29, 0.717) is 28.7 Å². The Bertz CT molecular complexity index is 468. The maximum absolute atomic E-state index is 11.4. The minimum Gasteiger partial charge on any atom is -0.478 e. The number of aliphatic hydroxyl groups is 3.